The second-order valence-electron chi connectivity index (χ2n) is 5.67. The highest BCUT2D eigenvalue weighted by molar-refractivity contribution is 5.74. The lowest BCUT2D eigenvalue weighted by Gasteiger charge is -2.11. The van der Waals surface area contributed by atoms with E-state index >= 15 is 0 Å². The van der Waals surface area contributed by atoms with Crippen molar-refractivity contribution in [2.45, 2.75) is 52.6 Å². The van der Waals surface area contributed by atoms with Crippen LogP contribution in [0.1, 0.15) is 38.2 Å². The SMILES string of the molecule is Cc1cnc(CCNC(=O)NC(C)C)n1CC1CC1. The van der Waals surface area contributed by atoms with E-state index in [4.69, 9.17) is 0 Å². The molecule has 1 saturated carbocycles. The average Bonchev–Trinajstić information content (AvgIpc) is 3.07. The van der Waals surface area contributed by atoms with Gasteiger partial charge in [-0.15, -0.1) is 0 Å². The van der Waals surface area contributed by atoms with Crippen molar-refractivity contribution in [2.24, 2.45) is 5.92 Å². The summed E-state index contributed by atoms with van der Waals surface area (Å²) < 4.78 is 2.29. The first-order chi connectivity index (χ1) is 9.06. The third-order valence-corrected chi connectivity index (χ3v) is 3.33. The Balaban J connectivity index is 1.80. The number of hydrogen-bond acceptors (Lipinski definition) is 2. The number of hydrogen-bond donors (Lipinski definition) is 2. The van der Waals surface area contributed by atoms with E-state index in [1.807, 2.05) is 20.0 Å². The van der Waals surface area contributed by atoms with Crippen LogP contribution in [0.25, 0.3) is 0 Å². The molecule has 0 aliphatic heterocycles. The van der Waals surface area contributed by atoms with E-state index in [9.17, 15) is 4.79 Å². The molecule has 1 aliphatic carbocycles. The number of amides is 2. The van der Waals surface area contributed by atoms with Crippen molar-refractivity contribution in [1.82, 2.24) is 20.2 Å². The molecular formula is C14H24N4O. The molecule has 0 spiro atoms. The fraction of sp³-hybridized carbons (Fsp3) is 0.714. The molecule has 0 saturated heterocycles. The maximum absolute atomic E-state index is 11.5. The van der Waals surface area contributed by atoms with Crippen molar-refractivity contribution >= 4 is 6.03 Å². The third-order valence-electron chi connectivity index (χ3n) is 3.33. The number of carbonyl (C=O) groups excluding carboxylic acids is 1. The van der Waals surface area contributed by atoms with Crippen LogP contribution in [0.4, 0.5) is 4.79 Å². The molecule has 0 unspecified atom stereocenters. The topological polar surface area (TPSA) is 59.0 Å². The minimum absolute atomic E-state index is 0.105. The summed E-state index contributed by atoms with van der Waals surface area (Å²) in [5, 5.41) is 5.68. The van der Waals surface area contributed by atoms with Gasteiger partial charge in [0.2, 0.25) is 0 Å². The summed E-state index contributed by atoms with van der Waals surface area (Å²) in [6.45, 7) is 7.70. The van der Waals surface area contributed by atoms with Crippen molar-refractivity contribution in [1.29, 1.82) is 0 Å². The predicted molar refractivity (Wildman–Crippen MR) is 75.1 cm³/mol. The zero-order chi connectivity index (χ0) is 13.8. The lowest BCUT2D eigenvalue weighted by atomic mass is 10.3. The van der Waals surface area contributed by atoms with Gasteiger partial charge in [-0.2, -0.15) is 0 Å². The van der Waals surface area contributed by atoms with Gasteiger partial charge in [-0.05, 0) is 39.5 Å². The van der Waals surface area contributed by atoms with Crippen LogP contribution in [-0.2, 0) is 13.0 Å². The number of aromatic nitrogens is 2. The van der Waals surface area contributed by atoms with E-state index in [1.54, 1.807) is 0 Å². The van der Waals surface area contributed by atoms with Crippen LogP contribution in [0.15, 0.2) is 6.20 Å². The molecule has 19 heavy (non-hydrogen) atoms. The van der Waals surface area contributed by atoms with Crippen molar-refractivity contribution in [3.63, 3.8) is 0 Å². The number of nitrogens with zero attached hydrogens (tertiary/aromatic N) is 2. The monoisotopic (exact) mass is 264 g/mol. The summed E-state index contributed by atoms with van der Waals surface area (Å²) in [7, 11) is 0. The Morgan fingerprint density at radius 2 is 2.26 bits per heavy atom. The van der Waals surface area contributed by atoms with Gasteiger partial charge in [0, 0.05) is 37.4 Å². The molecule has 0 radical (unpaired) electrons. The average molecular weight is 264 g/mol. The molecule has 2 N–H and O–H groups in total. The number of imidazole rings is 1. The van der Waals surface area contributed by atoms with Crippen LogP contribution < -0.4 is 10.6 Å². The van der Waals surface area contributed by atoms with Crippen LogP contribution in [-0.4, -0.2) is 28.2 Å². The Hall–Kier alpha value is -1.52. The number of nitrogens with one attached hydrogen (secondary N) is 2. The van der Waals surface area contributed by atoms with E-state index in [0.717, 1.165) is 24.7 Å². The molecule has 5 heteroatoms. The summed E-state index contributed by atoms with van der Waals surface area (Å²) in [6, 6.07) is 0.0612. The molecule has 0 atom stereocenters. The fourth-order valence-electron chi connectivity index (χ4n) is 2.12. The second-order valence-corrected chi connectivity index (χ2v) is 5.67. The van der Waals surface area contributed by atoms with Crippen LogP contribution in [0, 0.1) is 12.8 Å². The smallest absolute Gasteiger partial charge is 0.314 e. The van der Waals surface area contributed by atoms with Crippen LogP contribution >= 0.6 is 0 Å². The Bertz CT molecular complexity index is 435. The highest BCUT2D eigenvalue weighted by Gasteiger charge is 2.23. The van der Waals surface area contributed by atoms with Gasteiger partial charge in [0.1, 0.15) is 5.82 Å². The van der Waals surface area contributed by atoms with Gasteiger partial charge in [-0.3, -0.25) is 0 Å². The zero-order valence-electron chi connectivity index (χ0n) is 12.1. The molecule has 0 bridgehead atoms. The first-order valence-electron chi connectivity index (χ1n) is 7.11. The number of aryl methyl sites for hydroxylation is 1. The van der Waals surface area contributed by atoms with Gasteiger partial charge in [-0.25, -0.2) is 9.78 Å². The summed E-state index contributed by atoms with van der Waals surface area (Å²) in [4.78, 5) is 15.9. The minimum Gasteiger partial charge on any atom is -0.338 e. The minimum atomic E-state index is -0.105. The molecular weight excluding hydrogens is 240 g/mol. The Morgan fingerprint density at radius 3 is 2.89 bits per heavy atom. The summed E-state index contributed by atoms with van der Waals surface area (Å²) in [5.41, 5.74) is 1.22. The normalized spacial score (nSPS) is 14.7. The van der Waals surface area contributed by atoms with Gasteiger partial charge in [0.25, 0.3) is 0 Å². The molecule has 1 heterocycles. The first kappa shape index (κ1) is 13.9. The summed E-state index contributed by atoms with van der Waals surface area (Å²) >= 11 is 0. The van der Waals surface area contributed by atoms with Crippen molar-refractivity contribution in [3.05, 3.63) is 17.7 Å². The highest BCUT2D eigenvalue weighted by atomic mass is 16.2. The maximum atomic E-state index is 11.5. The lowest BCUT2D eigenvalue weighted by molar-refractivity contribution is 0.238. The molecule has 106 valence electrons. The molecule has 1 fully saturated rings. The van der Waals surface area contributed by atoms with E-state index in [1.165, 1.54) is 18.5 Å². The van der Waals surface area contributed by atoms with E-state index in [0.29, 0.717) is 6.54 Å². The van der Waals surface area contributed by atoms with Crippen LogP contribution in [0.5, 0.6) is 0 Å². The molecule has 5 nitrogen and oxygen atoms in total. The van der Waals surface area contributed by atoms with E-state index in [-0.39, 0.29) is 12.1 Å². The molecule has 1 aromatic rings. The van der Waals surface area contributed by atoms with Crippen LogP contribution in [0.3, 0.4) is 0 Å². The molecule has 1 aliphatic rings. The number of carbonyl (C=O) groups is 1. The lowest BCUT2D eigenvalue weighted by Crippen LogP contribution is -2.40. The maximum Gasteiger partial charge on any atom is 0.314 e. The zero-order valence-corrected chi connectivity index (χ0v) is 12.1. The van der Waals surface area contributed by atoms with Gasteiger partial charge in [-0.1, -0.05) is 0 Å². The van der Waals surface area contributed by atoms with Gasteiger partial charge < -0.3 is 15.2 Å². The van der Waals surface area contributed by atoms with Crippen LogP contribution in [0.2, 0.25) is 0 Å². The van der Waals surface area contributed by atoms with Gasteiger partial charge >= 0.3 is 6.03 Å². The fourth-order valence-corrected chi connectivity index (χ4v) is 2.12. The van der Waals surface area contributed by atoms with E-state index < -0.39 is 0 Å². The Kier molecular flexibility index (Phi) is 4.45. The first-order valence-corrected chi connectivity index (χ1v) is 7.11. The number of rotatable bonds is 6. The molecule has 2 rings (SSSR count). The van der Waals surface area contributed by atoms with Gasteiger partial charge in [0.05, 0.1) is 0 Å². The summed E-state index contributed by atoms with van der Waals surface area (Å²) in [5.74, 6) is 1.91. The van der Waals surface area contributed by atoms with Gasteiger partial charge in [0.15, 0.2) is 0 Å². The quantitative estimate of drug-likeness (QED) is 0.824. The van der Waals surface area contributed by atoms with Crippen molar-refractivity contribution < 1.29 is 4.79 Å². The number of urea groups is 1. The standard InChI is InChI=1S/C14H24N4O/c1-10(2)17-14(19)15-7-6-13-16-8-11(3)18(13)9-12-4-5-12/h8,10,12H,4-7,9H2,1-3H3,(H2,15,17,19). The highest BCUT2D eigenvalue weighted by Crippen LogP contribution is 2.31. The van der Waals surface area contributed by atoms with Crippen molar-refractivity contribution in [2.75, 3.05) is 6.54 Å². The van der Waals surface area contributed by atoms with Crippen molar-refractivity contribution in [3.8, 4) is 0 Å². The second kappa shape index (κ2) is 6.08. The summed E-state index contributed by atoms with van der Waals surface area (Å²) in [6.07, 6.45) is 5.39. The molecule has 1 aromatic heterocycles. The van der Waals surface area contributed by atoms with E-state index in [2.05, 4.69) is 27.1 Å². The molecule has 0 aromatic carbocycles. The molecule has 2 amide bonds. The Labute approximate surface area is 114 Å². The third kappa shape index (κ3) is 4.26. The predicted octanol–water partition coefficient (Wildman–Crippen LogP) is 1.85. The Morgan fingerprint density at radius 1 is 1.53 bits per heavy atom. The largest absolute Gasteiger partial charge is 0.338 e.